The molecule has 2 aromatic carbocycles. The van der Waals surface area contributed by atoms with Crippen LogP contribution in [0.5, 0.6) is 0 Å². The van der Waals surface area contributed by atoms with Gasteiger partial charge in [-0.15, -0.1) is 0 Å². The number of hydrogen-bond donors (Lipinski definition) is 2. The summed E-state index contributed by atoms with van der Waals surface area (Å²) in [6.07, 6.45) is 2.79. The Morgan fingerprint density at radius 1 is 1.08 bits per heavy atom. The van der Waals surface area contributed by atoms with E-state index in [9.17, 15) is 13.6 Å². The average molecular weight is 363 g/mol. The summed E-state index contributed by atoms with van der Waals surface area (Å²) in [6.45, 7) is 0. The van der Waals surface area contributed by atoms with Gasteiger partial charge in [-0.25, -0.2) is 8.78 Å². The van der Waals surface area contributed by atoms with Crippen LogP contribution < -0.4 is 10.6 Å². The van der Waals surface area contributed by atoms with Crippen LogP contribution >= 0.6 is 11.6 Å². The van der Waals surface area contributed by atoms with E-state index in [0.29, 0.717) is 28.7 Å². The van der Waals surface area contributed by atoms with Crippen molar-refractivity contribution in [2.75, 3.05) is 10.6 Å². The number of carbonyl (C=O) groups excluding carboxylic acids is 1. The predicted molar refractivity (Wildman–Crippen MR) is 93.9 cm³/mol. The fourth-order valence-corrected chi connectivity index (χ4v) is 3.22. The molecule has 2 N–H and O–H groups in total. The second kappa shape index (κ2) is 6.30. The Morgan fingerprint density at radius 3 is 2.60 bits per heavy atom. The highest BCUT2D eigenvalue weighted by atomic mass is 35.5. The van der Waals surface area contributed by atoms with Crippen molar-refractivity contribution in [1.82, 2.24) is 0 Å². The maximum absolute atomic E-state index is 13.9. The minimum absolute atomic E-state index is 0.171. The number of carbonyl (C=O) groups is 1. The van der Waals surface area contributed by atoms with Crippen molar-refractivity contribution in [1.29, 1.82) is 0 Å². The molecule has 2 fully saturated rings. The molecule has 25 heavy (non-hydrogen) atoms. The third-order valence-corrected chi connectivity index (χ3v) is 4.90. The highest BCUT2D eigenvalue weighted by Crippen LogP contribution is 2.49. The maximum Gasteiger partial charge on any atom is 0.228 e. The molecule has 0 saturated heterocycles. The van der Waals surface area contributed by atoms with Gasteiger partial charge in [0.15, 0.2) is 0 Å². The van der Waals surface area contributed by atoms with E-state index >= 15 is 0 Å². The number of nitrogens with one attached hydrogen (secondary N) is 2. The quantitative estimate of drug-likeness (QED) is 0.791. The van der Waals surface area contributed by atoms with Crippen LogP contribution in [0, 0.1) is 17.6 Å². The summed E-state index contributed by atoms with van der Waals surface area (Å²) in [7, 11) is 0. The SMILES string of the molecule is O=C(Nc1cc(Cl)ccc1NC1CC1)[C@H]1C[C@@H]1c1ccc(F)cc1F. The molecule has 2 aliphatic rings. The number of hydrogen-bond acceptors (Lipinski definition) is 2. The fraction of sp³-hybridized carbons (Fsp3) is 0.316. The van der Waals surface area contributed by atoms with Crippen LogP contribution in [0.4, 0.5) is 20.2 Å². The van der Waals surface area contributed by atoms with Crippen molar-refractivity contribution in [2.45, 2.75) is 31.2 Å². The first-order chi connectivity index (χ1) is 12.0. The van der Waals surface area contributed by atoms with Crippen molar-refractivity contribution in [3.8, 4) is 0 Å². The lowest BCUT2D eigenvalue weighted by atomic mass is 10.1. The first-order valence-electron chi connectivity index (χ1n) is 8.33. The molecular weight excluding hydrogens is 346 g/mol. The summed E-state index contributed by atoms with van der Waals surface area (Å²) >= 11 is 6.04. The van der Waals surface area contributed by atoms with E-state index in [1.807, 2.05) is 6.07 Å². The van der Waals surface area contributed by atoms with Gasteiger partial charge in [0.05, 0.1) is 11.4 Å². The highest BCUT2D eigenvalue weighted by molar-refractivity contribution is 6.31. The molecule has 0 bridgehead atoms. The van der Waals surface area contributed by atoms with E-state index in [4.69, 9.17) is 11.6 Å². The molecule has 2 saturated carbocycles. The number of rotatable bonds is 5. The van der Waals surface area contributed by atoms with Gasteiger partial charge in [-0.1, -0.05) is 17.7 Å². The summed E-state index contributed by atoms with van der Waals surface area (Å²) in [6, 6.07) is 9.27. The third kappa shape index (κ3) is 3.61. The number of anilines is 2. The lowest BCUT2D eigenvalue weighted by Crippen LogP contribution is -2.16. The predicted octanol–water partition coefficient (Wildman–Crippen LogP) is 4.93. The molecule has 1 amide bonds. The molecule has 0 aromatic heterocycles. The van der Waals surface area contributed by atoms with Gasteiger partial charge in [0, 0.05) is 23.0 Å². The van der Waals surface area contributed by atoms with E-state index < -0.39 is 11.6 Å². The Balaban J connectivity index is 1.47. The van der Waals surface area contributed by atoms with Gasteiger partial charge < -0.3 is 10.6 Å². The molecule has 2 atom stereocenters. The monoisotopic (exact) mass is 362 g/mol. The normalized spacial score (nSPS) is 21.7. The van der Waals surface area contributed by atoms with Crippen LogP contribution in [0.15, 0.2) is 36.4 Å². The van der Waals surface area contributed by atoms with Crippen molar-refractivity contribution in [3.05, 3.63) is 58.6 Å². The van der Waals surface area contributed by atoms with Crippen LogP contribution in [0.2, 0.25) is 5.02 Å². The molecule has 130 valence electrons. The van der Waals surface area contributed by atoms with Gasteiger partial charge in [0.2, 0.25) is 5.91 Å². The summed E-state index contributed by atoms with van der Waals surface area (Å²) in [5.41, 5.74) is 1.86. The first kappa shape index (κ1) is 16.3. The van der Waals surface area contributed by atoms with Crippen molar-refractivity contribution in [3.63, 3.8) is 0 Å². The third-order valence-electron chi connectivity index (χ3n) is 4.67. The van der Waals surface area contributed by atoms with Gasteiger partial charge in [-0.05, 0) is 55.0 Å². The topological polar surface area (TPSA) is 41.1 Å². The smallest absolute Gasteiger partial charge is 0.228 e. The molecule has 4 rings (SSSR count). The van der Waals surface area contributed by atoms with Crippen molar-refractivity contribution >= 4 is 28.9 Å². The van der Waals surface area contributed by atoms with Gasteiger partial charge in [-0.2, -0.15) is 0 Å². The second-order valence-electron chi connectivity index (χ2n) is 6.71. The van der Waals surface area contributed by atoms with Gasteiger partial charge >= 0.3 is 0 Å². The zero-order chi connectivity index (χ0) is 17.6. The van der Waals surface area contributed by atoms with Crippen LogP contribution in [0.3, 0.4) is 0 Å². The molecule has 2 aliphatic carbocycles. The van der Waals surface area contributed by atoms with E-state index in [2.05, 4.69) is 10.6 Å². The molecule has 0 spiro atoms. The molecule has 0 heterocycles. The van der Waals surface area contributed by atoms with Gasteiger partial charge in [0.1, 0.15) is 11.6 Å². The van der Waals surface area contributed by atoms with E-state index in [0.717, 1.165) is 24.6 Å². The summed E-state index contributed by atoms with van der Waals surface area (Å²) in [5.74, 6) is -1.90. The zero-order valence-electron chi connectivity index (χ0n) is 13.4. The second-order valence-corrected chi connectivity index (χ2v) is 7.15. The average Bonchev–Trinajstić information content (AvgIpc) is 3.44. The molecule has 0 unspecified atom stereocenters. The zero-order valence-corrected chi connectivity index (χ0v) is 14.1. The summed E-state index contributed by atoms with van der Waals surface area (Å²) in [4.78, 5) is 12.5. The molecule has 0 radical (unpaired) electrons. The lowest BCUT2D eigenvalue weighted by Gasteiger charge is -2.13. The molecular formula is C19H17ClF2N2O. The molecule has 3 nitrogen and oxygen atoms in total. The largest absolute Gasteiger partial charge is 0.381 e. The standard InChI is InChI=1S/C19H17ClF2N2O/c20-10-1-6-17(23-12-3-4-12)18(7-10)24-19(25)15-9-14(15)13-5-2-11(21)8-16(13)22/h1-2,5-8,12,14-15,23H,3-4,9H2,(H,24,25)/t14-,15+/m1/s1. The minimum atomic E-state index is -0.613. The van der Waals surface area contributed by atoms with E-state index in [1.54, 1.807) is 12.1 Å². The Morgan fingerprint density at radius 2 is 1.88 bits per heavy atom. The Bertz CT molecular complexity index is 838. The summed E-state index contributed by atoms with van der Waals surface area (Å²) < 4.78 is 26.9. The maximum atomic E-state index is 13.9. The van der Waals surface area contributed by atoms with Crippen LogP contribution in [0.25, 0.3) is 0 Å². The first-order valence-corrected chi connectivity index (χ1v) is 8.71. The van der Waals surface area contributed by atoms with Crippen LogP contribution in [-0.2, 0) is 4.79 Å². The van der Waals surface area contributed by atoms with Crippen LogP contribution in [0.1, 0.15) is 30.7 Å². The van der Waals surface area contributed by atoms with E-state index in [1.165, 1.54) is 12.1 Å². The van der Waals surface area contributed by atoms with Crippen molar-refractivity contribution < 1.29 is 13.6 Å². The van der Waals surface area contributed by atoms with Gasteiger partial charge in [0.25, 0.3) is 0 Å². The van der Waals surface area contributed by atoms with Crippen LogP contribution in [-0.4, -0.2) is 11.9 Å². The molecule has 6 heteroatoms. The Kier molecular flexibility index (Phi) is 4.12. The highest BCUT2D eigenvalue weighted by Gasteiger charge is 2.45. The molecule has 0 aliphatic heterocycles. The minimum Gasteiger partial charge on any atom is -0.381 e. The molecule has 2 aromatic rings. The number of halogens is 3. The van der Waals surface area contributed by atoms with Gasteiger partial charge in [-0.3, -0.25) is 4.79 Å². The number of benzene rings is 2. The lowest BCUT2D eigenvalue weighted by molar-refractivity contribution is -0.117. The fourth-order valence-electron chi connectivity index (χ4n) is 3.05. The van der Waals surface area contributed by atoms with Crippen molar-refractivity contribution in [2.24, 2.45) is 5.92 Å². The summed E-state index contributed by atoms with van der Waals surface area (Å²) in [5, 5.41) is 6.79. The number of amides is 1. The van der Waals surface area contributed by atoms with E-state index in [-0.39, 0.29) is 17.7 Å². The Labute approximate surface area is 149 Å². The Hall–Kier alpha value is -2.14.